The first-order valence-corrected chi connectivity index (χ1v) is 15.2. The average Bonchev–Trinajstić information content (AvgIpc) is 2.73. The number of carbonyl (C=O) groups is 3. The van der Waals surface area contributed by atoms with Gasteiger partial charge >= 0.3 is 6.09 Å². The summed E-state index contributed by atoms with van der Waals surface area (Å²) in [4.78, 5) is 35.8. The van der Waals surface area contributed by atoms with Crippen LogP contribution in [0.3, 0.4) is 0 Å². The fourth-order valence-electron chi connectivity index (χ4n) is 2.48. The molecule has 0 bridgehead atoms. The first-order chi connectivity index (χ1) is 19.3. The second-order valence-corrected chi connectivity index (χ2v) is 15.3. The number of amides is 3. The molecule has 3 amide bonds. The molecule has 0 saturated carbocycles. The predicted octanol–water partition coefficient (Wildman–Crippen LogP) is 8.10. The molecule has 0 heterocycles. The first kappa shape index (κ1) is 77.0. The summed E-state index contributed by atoms with van der Waals surface area (Å²) in [6, 6.07) is -0.417. The highest BCUT2D eigenvalue weighted by atomic mass is 16.5. The molecule has 1 unspecified atom stereocenters. The van der Waals surface area contributed by atoms with Crippen LogP contribution < -0.4 is 37.6 Å². The predicted molar refractivity (Wildman–Crippen MR) is 230 cm³/mol. The van der Waals surface area contributed by atoms with Crippen LogP contribution >= 0.6 is 0 Å². The van der Waals surface area contributed by atoms with Crippen LogP contribution in [0.1, 0.15) is 169 Å². The Hall–Kier alpha value is -2.60. The van der Waals surface area contributed by atoms with Gasteiger partial charge in [-0.2, -0.15) is 0 Å². The summed E-state index contributed by atoms with van der Waals surface area (Å²) < 4.78 is 4.38. The van der Waals surface area contributed by atoms with Crippen LogP contribution in [0, 0.1) is 0 Å². The Morgan fingerprint density at radius 3 is 1.02 bits per heavy atom. The molecule has 8 N–H and O–H groups in total. The summed E-state index contributed by atoms with van der Waals surface area (Å²) in [5.74, 6) is 0.748. The van der Waals surface area contributed by atoms with Gasteiger partial charge in [-0.3, -0.25) is 14.6 Å². The fraction of sp³-hybridized carbons (Fsp3) is 0.895. The molecule has 0 aromatic carbocycles. The summed E-state index contributed by atoms with van der Waals surface area (Å²) in [6.07, 6.45) is -0.387. The van der Waals surface area contributed by atoms with Crippen molar-refractivity contribution >= 4 is 23.9 Å². The lowest BCUT2D eigenvalue weighted by Gasteiger charge is -2.22. The number of guanidine groups is 1. The number of rotatable bonds is 2. The third-order valence-electron chi connectivity index (χ3n) is 3.79. The van der Waals surface area contributed by atoms with Crippen molar-refractivity contribution in [2.45, 2.75) is 203 Å². The maximum atomic E-state index is 10.9. The normalized spacial score (nSPS) is 10.9. The van der Waals surface area contributed by atoms with Gasteiger partial charge in [0.05, 0.1) is 13.2 Å². The number of nitrogens with zero attached hydrogens (tertiary/aromatic N) is 1. The second-order valence-electron chi connectivity index (χ2n) is 15.3. The molecule has 12 heteroatoms. The van der Waals surface area contributed by atoms with Crippen LogP contribution in [-0.2, 0) is 14.3 Å². The second kappa shape index (κ2) is 36.2. The van der Waals surface area contributed by atoms with Crippen LogP contribution in [0.5, 0.6) is 0 Å². The number of nitrogens with two attached hydrogens (primary N) is 1. The van der Waals surface area contributed by atoms with Gasteiger partial charge in [0, 0.05) is 48.7 Å². The molecule has 0 aromatic rings. The Labute approximate surface area is 315 Å². The molecule has 0 rings (SSSR count). The summed E-state index contributed by atoms with van der Waals surface area (Å²) in [7, 11) is 4.95. The minimum Gasteiger partial charge on any atom is -0.453 e. The van der Waals surface area contributed by atoms with Crippen LogP contribution in [0.4, 0.5) is 4.79 Å². The zero-order valence-corrected chi connectivity index (χ0v) is 32.4. The maximum Gasteiger partial charge on any atom is 0.407 e. The molecule has 314 valence electrons. The minimum atomic E-state index is -0.417. The molecule has 0 aromatic heterocycles. The van der Waals surface area contributed by atoms with E-state index in [9.17, 15) is 14.4 Å². The molecule has 0 radical (unpaired) electrons. The third kappa shape index (κ3) is 90.8. The molecule has 0 spiro atoms. The zero-order valence-electron chi connectivity index (χ0n) is 32.4. The van der Waals surface area contributed by atoms with E-state index in [1.54, 1.807) is 14.0 Å². The van der Waals surface area contributed by atoms with Gasteiger partial charge in [-0.15, -0.1) is 0 Å². The number of alkyl carbamates (subject to hydrolysis) is 1. The van der Waals surface area contributed by atoms with Gasteiger partial charge in [0.15, 0.2) is 5.96 Å². The number of aliphatic imine (C=N–C) groups is 1. The first-order valence-electron chi connectivity index (χ1n) is 15.2. The van der Waals surface area contributed by atoms with Gasteiger partial charge < -0.3 is 42.4 Å². The van der Waals surface area contributed by atoms with Crippen LogP contribution in [-0.4, -0.2) is 85.4 Å². The van der Waals surface area contributed by atoms with Gasteiger partial charge in [0.25, 0.3) is 0 Å². The molecule has 0 fully saturated rings. The van der Waals surface area contributed by atoms with Crippen molar-refractivity contribution in [2.24, 2.45) is 10.7 Å². The number of ether oxygens (including phenoxy) is 1. The molecular weight excluding hydrogens is 632 g/mol. The van der Waals surface area contributed by atoms with E-state index in [1.165, 1.54) is 14.0 Å². The van der Waals surface area contributed by atoms with E-state index in [1.807, 2.05) is 69.4 Å². The molecule has 0 aliphatic heterocycles. The van der Waals surface area contributed by atoms with Gasteiger partial charge in [-0.05, 0) is 117 Å². The number of methoxy groups -OCH3 is 1. The van der Waals surface area contributed by atoms with Crippen LogP contribution in [0.15, 0.2) is 4.99 Å². The van der Waals surface area contributed by atoms with Crippen molar-refractivity contribution in [3.05, 3.63) is 0 Å². The Morgan fingerprint density at radius 2 is 0.960 bits per heavy atom. The SMILES string of the molecule is C.C.C.C.C.C.CC(=O)NC(C)(C)C.CC(N)C(=O)NC(C)(C)C.CCNC(C)(C)C.CN=C(NC)NC(C)(C)C.COC(=O)NC(C)(C)C. The van der Waals surface area contributed by atoms with Gasteiger partial charge in [0.1, 0.15) is 0 Å². The average molecular weight is 731 g/mol. The van der Waals surface area contributed by atoms with E-state index in [-0.39, 0.29) is 84.6 Å². The summed E-state index contributed by atoms with van der Waals surface area (Å²) in [5, 5.41) is 17.5. The highest BCUT2D eigenvalue weighted by Crippen LogP contribution is 1.99. The van der Waals surface area contributed by atoms with E-state index < -0.39 is 6.04 Å². The van der Waals surface area contributed by atoms with E-state index in [4.69, 9.17) is 5.73 Å². The number of hydrogen-bond acceptors (Lipinski definition) is 7. The van der Waals surface area contributed by atoms with Crippen molar-refractivity contribution in [2.75, 3.05) is 27.7 Å². The van der Waals surface area contributed by atoms with Crippen LogP contribution in [0.2, 0.25) is 0 Å². The lowest BCUT2D eigenvalue weighted by molar-refractivity contribution is -0.123. The van der Waals surface area contributed by atoms with Gasteiger partial charge in [-0.25, -0.2) is 4.79 Å². The van der Waals surface area contributed by atoms with Crippen LogP contribution in [0.25, 0.3) is 0 Å². The Kier molecular flexibility index (Phi) is 55.8. The van der Waals surface area contributed by atoms with E-state index in [0.29, 0.717) is 5.54 Å². The van der Waals surface area contributed by atoms with Gasteiger partial charge in [-0.1, -0.05) is 51.5 Å². The molecule has 0 aliphatic carbocycles. The Balaban J connectivity index is -0.0000000412. The molecular formula is C38H98N8O4. The van der Waals surface area contributed by atoms with Crippen molar-refractivity contribution in [1.82, 2.24) is 31.9 Å². The summed E-state index contributed by atoms with van der Waals surface area (Å²) in [5.41, 5.74) is 5.26. The highest BCUT2D eigenvalue weighted by Gasteiger charge is 2.16. The van der Waals surface area contributed by atoms with Crippen molar-refractivity contribution in [3.8, 4) is 0 Å². The van der Waals surface area contributed by atoms with Crippen molar-refractivity contribution in [3.63, 3.8) is 0 Å². The number of carbonyl (C=O) groups excluding carboxylic acids is 3. The number of nitrogens with one attached hydrogen (secondary N) is 6. The fourth-order valence-corrected chi connectivity index (χ4v) is 2.48. The summed E-state index contributed by atoms with van der Waals surface area (Å²) >= 11 is 0. The van der Waals surface area contributed by atoms with Crippen molar-refractivity contribution < 1.29 is 19.1 Å². The highest BCUT2D eigenvalue weighted by molar-refractivity contribution is 5.81. The van der Waals surface area contributed by atoms with Crippen molar-refractivity contribution in [1.29, 1.82) is 0 Å². The number of hydrogen-bond donors (Lipinski definition) is 7. The van der Waals surface area contributed by atoms with E-state index in [2.05, 4.69) is 90.1 Å². The maximum absolute atomic E-state index is 10.9. The lowest BCUT2D eigenvalue weighted by atomic mass is 10.1. The Bertz CT molecular complexity index is 796. The topological polar surface area (TPSA) is 171 Å². The quantitative estimate of drug-likeness (QED) is 0.110. The largest absolute Gasteiger partial charge is 0.453 e. The van der Waals surface area contributed by atoms with E-state index in [0.717, 1.165) is 12.5 Å². The molecule has 1 atom stereocenters. The molecule has 0 aliphatic rings. The van der Waals surface area contributed by atoms with E-state index >= 15 is 0 Å². The molecule has 12 nitrogen and oxygen atoms in total. The molecule has 50 heavy (non-hydrogen) atoms. The smallest absolute Gasteiger partial charge is 0.407 e. The third-order valence-corrected chi connectivity index (χ3v) is 3.79. The monoisotopic (exact) mass is 731 g/mol. The summed E-state index contributed by atoms with van der Waals surface area (Å²) in [6.45, 7) is 36.4. The van der Waals surface area contributed by atoms with Gasteiger partial charge in [0.2, 0.25) is 11.8 Å². The zero-order chi connectivity index (χ0) is 36.8. The minimum absolute atomic E-state index is 0. The Morgan fingerprint density at radius 1 is 0.640 bits per heavy atom. The lowest BCUT2D eigenvalue weighted by Crippen LogP contribution is -2.47. The molecule has 0 saturated heterocycles. The standard InChI is InChI=1S/C7H17N3.C7H16N2O.C6H13NO2.C6H13NO.C6H15N.6CH4/c1-7(2,3)10-6(8-4)9-5;1-5(8)6(10)9-7(2,3)4;1-6(2,3)7-5(8)9-4;1-5(8)7-6(2,3)4;1-5-7-6(2,3)4;;;;;;/h1-5H3,(H2,8,9,10);5H,8H2,1-4H3,(H,9,10);1-4H3,(H,7,8);1-4H3,(H,7,8);7H,5H2,1-4H3;6*1H4.